The molecule has 1 fully saturated rings. The van der Waals surface area contributed by atoms with Crippen molar-refractivity contribution in [2.75, 3.05) is 31.6 Å². The number of aromatic nitrogens is 3. The number of benzene rings is 2. The Hall–Kier alpha value is -3.40. The summed E-state index contributed by atoms with van der Waals surface area (Å²) in [5.41, 5.74) is 2.60. The van der Waals surface area contributed by atoms with Crippen LogP contribution < -0.4 is 5.32 Å². The number of hydrogen-bond donors (Lipinski definition) is 1. The molecule has 1 saturated heterocycles. The van der Waals surface area contributed by atoms with E-state index in [1.807, 2.05) is 42.5 Å². The topological polar surface area (TPSA) is 97.3 Å². The molecule has 0 radical (unpaired) electrons. The third-order valence-corrected chi connectivity index (χ3v) is 7.48. The summed E-state index contributed by atoms with van der Waals surface area (Å²) in [6, 6.07) is 18.6. The van der Waals surface area contributed by atoms with E-state index in [-0.39, 0.29) is 4.90 Å². The minimum Gasteiger partial charge on any atom is -0.379 e. The van der Waals surface area contributed by atoms with Crippen LogP contribution >= 0.6 is 0 Å². The number of sulfonamides is 1. The van der Waals surface area contributed by atoms with Crippen LogP contribution in [0.2, 0.25) is 0 Å². The zero-order chi connectivity index (χ0) is 22.7. The van der Waals surface area contributed by atoms with E-state index < -0.39 is 10.0 Å². The lowest BCUT2D eigenvalue weighted by atomic mass is 10.0. The maximum absolute atomic E-state index is 13.0. The van der Waals surface area contributed by atoms with Crippen LogP contribution in [-0.2, 0) is 21.2 Å². The second kappa shape index (κ2) is 9.22. The Balaban J connectivity index is 1.45. The molecule has 9 heteroatoms. The summed E-state index contributed by atoms with van der Waals surface area (Å²) >= 11 is 0. The maximum atomic E-state index is 13.0. The van der Waals surface area contributed by atoms with Gasteiger partial charge in [-0.25, -0.2) is 8.42 Å². The summed E-state index contributed by atoms with van der Waals surface area (Å²) < 4.78 is 32.8. The monoisotopic (exact) mass is 461 g/mol. The zero-order valence-corrected chi connectivity index (χ0v) is 18.7. The summed E-state index contributed by atoms with van der Waals surface area (Å²) in [6.07, 6.45) is 4.17. The van der Waals surface area contributed by atoms with Gasteiger partial charge in [0.1, 0.15) is 0 Å². The number of pyridine rings is 1. The summed E-state index contributed by atoms with van der Waals surface area (Å²) in [4.78, 5) is 4.30. The Morgan fingerprint density at radius 3 is 2.45 bits per heavy atom. The first-order valence-corrected chi connectivity index (χ1v) is 12.1. The third-order valence-electron chi connectivity index (χ3n) is 5.59. The van der Waals surface area contributed by atoms with Gasteiger partial charge in [0.25, 0.3) is 0 Å². The quantitative estimate of drug-likeness (QED) is 0.470. The second-order valence-electron chi connectivity index (χ2n) is 7.74. The van der Waals surface area contributed by atoms with Gasteiger partial charge >= 0.3 is 0 Å². The van der Waals surface area contributed by atoms with E-state index in [9.17, 15) is 8.42 Å². The van der Waals surface area contributed by atoms with Crippen molar-refractivity contribution in [3.05, 3.63) is 84.3 Å². The molecule has 33 heavy (non-hydrogen) atoms. The number of anilines is 2. The fourth-order valence-electron chi connectivity index (χ4n) is 3.88. The molecule has 0 atom stereocenters. The van der Waals surface area contributed by atoms with E-state index in [4.69, 9.17) is 4.74 Å². The fraction of sp³-hybridized carbons (Fsp3) is 0.208. The number of rotatable bonds is 6. The number of nitrogens with one attached hydrogen (secondary N) is 1. The standard InChI is InChI=1S/C24H23N5O3S/c30-33(31,29-12-14-32-15-13-29)20-5-3-4-19(17-20)26-24-22-7-2-1-6-21(22)23(27-28-24)16-18-8-10-25-11-9-18/h1-11,17H,12-16H2,(H,26,28). The van der Waals surface area contributed by atoms with Crippen molar-refractivity contribution in [3.63, 3.8) is 0 Å². The van der Waals surface area contributed by atoms with Crippen LogP contribution in [0.4, 0.5) is 11.5 Å². The van der Waals surface area contributed by atoms with Gasteiger partial charge in [-0.3, -0.25) is 4.98 Å². The fourth-order valence-corrected chi connectivity index (χ4v) is 5.34. The van der Waals surface area contributed by atoms with Crippen molar-refractivity contribution in [1.82, 2.24) is 19.5 Å². The van der Waals surface area contributed by atoms with Crippen LogP contribution in [0.5, 0.6) is 0 Å². The van der Waals surface area contributed by atoms with Crippen LogP contribution in [0.1, 0.15) is 11.3 Å². The predicted octanol–water partition coefficient (Wildman–Crippen LogP) is 3.38. The van der Waals surface area contributed by atoms with Gasteiger partial charge in [0, 0.05) is 48.4 Å². The Kier molecular flexibility index (Phi) is 5.99. The highest BCUT2D eigenvalue weighted by Crippen LogP contribution is 2.28. The Morgan fingerprint density at radius 1 is 0.909 bits per heavy atom. The number of morpholine rings is 1. The van der Waals surface area contributed by atoms with E-state index in [0.29, 0.717) is 44.2 Å². The van der Waals surface area contributed by atoms with Gasteiger partial charge in [0.15, 0.2) is 5.82 Å². The molecule has 2 aromatic heterocycles. The molecule has 0 bridgehead atoms. The summed E-state index contributed by atoms with van der Waals surface area (Å²) in [5.74, 6) is 0.574. The molecule has 4 aromatic rings. The van der Waals surface area contributed by atoms with Crippen LogP contribution in [0.15, 0.2) is 78.0 Å². The molecule has 0 aliphatic carbocycles. The molecule has 0 amide bonds. The molecule has 3 heterocycles. The van der Waals surface area contributed by atoms with Crippen molar-refractivity contribution in [3.8, 4) is 0 Å². The molecule has 0 spiro atoms. The predicted molar refractivity (Wildman–Crippen MR) is 126 cm³/mol. The highest BCUT2D eigenvalue weighted by atomic mass is 32.2. The Labute approximate surface area is 192 Å². The molecule has 0 saturated carbocycles. The van der Waals surface area contributed by atoms with Crippen molar-refractivity contribution in [2.45, 2.75) is 11.3 Å². The highest BCUT2D eigenvalue weighted by molar-refractivity contribution is 7.89. The van der Waals surface area contributed by atoms with E-state index >= 15 is 0 Å². The van der Waals surface area contributed by atoms with Crippen molar-refractivity contribution >= 4 is 32.3 Å². The molecule has 0 unspecified atom stereocenters. The zero-order valence-electron chi connectivity index (χ0n) is 17.9. The van der Waals surface area contributed by atoms with Crippen molar-refractivity contribution in [2.24, 2.45) is 0 Å². The van der Waals surface area contributed by atoms with E-state index in [2.05, 4.69) is 20.5 Å². The summed E-state index contributed by atoms with van der Waals surface area (Å²) in [5, 5.41) is 14.1. The van der Waals surface area contributed by atoms with Gasteiger partial charge in [-0.05, 0) is 35.9 Å². The number of fused-ring (bicyclic) bond motifs is 1. The molecular weight excluding hydrogens is 438 g/mol. The number of nitrogens with zero attached hydrogens (tertiary/aromatic N) is 4. The molecule has 5 rings (SSSR count). The Morgan fingerprint density at radius 2 is 1.67 bits per heavy atom. The van der Waals surface area contributed by atoms with Crippen LogP contribution in [0.25, 0.3) is 10.8 Å². The van der Waals surface area contributed by atoms with Crippen molar-refractivity contribution in [1.29, 1.82) is 0 Å². The lowest BCUT2D eigenvalue weighted by Gasteiger charge is -2.26. The number of hydrogen-bond acceptors (Lipinski definition) is 7. The Bertz CT molecular complexity index is 1370. The van der Waals surface area contributed by atoms with Gasteiger partial charge in [0.05, 0.1) is 23.8 Å². The lowest BCUT2D eigenvalue weighted by Crippen LogP contribution is -2.40. The average Bonchev–Trinajstić information content (AvgIpc) is 2.87. The van der Waals surface area contributed by atoms with Gasteiger partial charge < -0.3 is 10.1 Å². The molecule has 1 N–H and O–H groups in total. The smallest absolute Gasteiger partial charge is 0.243 e. The van der Waals surface area contributed by atoms with Crippen LogP contribution in [0.3, 0.4) is 0 Å². The summed E-state index contributed by atoms with van der Waals surface area (Å²) in [6.45, 7) is 1.53. The molecular formula is C24H23N5O3S. The van der Waals surface area contributed by atoms with Crippen molar-refractivity contribution < 1.29 is 13.2 Å². The molecule has 1 aliphatic rings. The second-order valence-corrected chi connectivity index (χ2v) is 9.68. The minimum atomic E-state index is -3.59. The molecule has 2 aromatic carbocycles. The molecule has 8 nitrogen and oxygen atoms in total. The lowest BCUT2D eigenvalue weighted by molar-refractivity contribution is 0.0730. The molecule has 168 valence electrons. The first-order valence-electron chi connectivity index (χ1n) is 10.7. The minimum absolute atomic E-state index is 0.237. The average molecular weight is 462 g/mol. The number of ether oxygens (including phenoxy) is 1. The first-order chi connectivity index (χ1) is 16.1. The SMILES string of the molecule is O=S(=O)(c1cccc(Nc2nnc(Cc3ccncc3)c3ccccc23)c1)N1CCOCC1. The summed E-state index contributed by atoms with van der Waals surface area (Å²) in [7, 11) is -3.59. The van der Waals surface area contributed by atoms with Gasteiger partial charge in [-0.2, -0.15) is 9.40 Å². The third kappa shape index (κ3) is 4.56. The normalized spacial score (nSPS) is 14.9. The van der Waals surface area contributed by atoms with Crippen LogP contribution in [0, 0.1) is 0 Å². The maximum Gasteiger partial charge on any atom is 0.243 e. The largest absolute Gasteiger partial charge is 0.379 e. The van der Waals surface area contributed by atoms with E-state index in [1.54, 1.807) is 30.6 Å². The van der Waals surface area contributed by atoms with Gasteiger partial charge in [-0.15, -0.1) is 5.10 Å². The van der Waals surface area contributed by atoms with Gasteiger partial charge in [0.2, 0.25) is 10.0 Å². The highest BCUT2D eigenvalue weighted by Gasteiger charge is 2.26. The van der Waals surface area contributed by atoms with Gasteiger partial charge in [-0.1, -0.05) is 30.3 Å². The van der Waals surface area contributed by atoms with Crippen LogP contribution in [-0.4, -0.2) is 54.2 Å². The first kappa shape index (κ1) is 21.4. The molecule has 1 aliphatic heterocycles. The van der Waals surface area contributed by atoms with E-state index in [1.165, 1.54) is 4.31 Å². The van der Waals surface area contributed by atoms with E-state index in [0.717, 1.165) is 22.0 Å².